The fourth-order valence-electron chi connectivity index (χ4n) is 3.45. The molecule has 0 spiro atoms. The minimum Gasteiger partial charge on any atom is -0.384 e. The van der Waals surface area contributed by atoms with Crippen molar-refractivity contribution >= 4 is 5.91 Å². The summed E-state index contributed by atoms with van der Waals surface area (Å²) in [5, 5.41) is 8.28. The van der Waals surface area contributed by atoms with Crippen LogP contribution in [0.4, 0.5) is 0 Å². The largest absolute Gasteiger partial charge is 0.384 e. The van der Waals surface area contributed by atoms with Crippen LogP contribution in [0.15, 0.2) is 6.20 Å². The lowest BCUT2D eigenvalue weighted by Gasteiger charge is -2.21. The first-order chi connectivity index (χ1) is 10.3. The normalized spacial score (nSPS) is 23.7. The molecule has 0 aromatic carbocycles. The van der Waals surface area contributed by atoms with Crippen molar-refractivity contribution in [2.45, 2.75) is 44.6 Å². The second-order valence-corrected chi connectivity index (χ2v) is 6.24. The maximum absolute atomic E-state index is 12.5. The second-order valence-electron chi connectivity index (χ2n) is 6.24. The Morgan fingerprint density at radius 3 is 2.90 bits per heavy atom. The van der Waals surface area contributed by atoms with Crippen LogP contribution in [-0.4, -0.2) is 52.6 Å². The Labute approximate surface area is 125 Å². The van der Waals surface area contributed by atoms with E-state index in [0.29, 0.717) is 17.7 Å². The SMILES string of the molecule is COCC1CCN(C(=O)c2cn(C3CCCCC3)nn2)C1. The standard InChI is InChI=1S/C15H24N4O2/c1-21-11-12-7-8-18(9-12)15(20)14-10-19(17-16-14)13-5-3-2-4-6-13/h10,12-13H,2-9,11H2,1H3. The molecule has 1 aliphatic heterocycles. The Kier molecular flexibility index (Phi) is 4.53. The predicted molar refractivity (Wildman–Crippen MR) is 78.0 cm³/mol. The van der Waals surface area contributed by atoms with Crippen molar-refractivity contribution in [1.82, 2.24) is 19.9 Å². The number of aromatic nitrogens is 3. The van der Waals surface area contributed by atoms with Crippen molar-refractivity contribution in [3.8, 4) is 0 Å². The molecule has 2 fully saturated rings. The monoisotopic (exact) mass is 292 g/mol. The van der Waals surface area contributed by atoms with Gasteiger partial charge in [0.05, 0.1) is 18.8 Å². The summed E-state index contributed by atoms with van der Waals surface area (Å²) >= 11 is 0. The molecule has 1 aromatic rings. The summed E-state index contributed by atoms with van der Waals surface area (Å²) < 4.78 is 7.07. The summed E-state index contributed by atoms with van der Waals surface area (Å²) in [7, 11) is 1.71. The van der Waals surface area contributed by atoms with Crippen molar-refractivity contribution in [3.05, 3.63) is 11.9 Å². The molecule has 6 nitrogen and oxygen atoms in total. The van der Waals surface area contributed by atoms with Crippen LogP contribution < -0.4 is 0 Å². The van der Waals surface area contributed by atoms with Crippen molar-refractivity contribution in [2.24, 2.45) is 5.92 Å². The van der Waals surface area contributed by atoms with Gasteiger partial charge in [-0.15, -0.1) is 5.10 Å². The molecule has 1 unspecified atom stereocenters. The van der Waals surface area contributed by atoms with Crippen LogP contribution in [0.25, 0.3) is 0 Å². The molecular formula is C15H24N4O2. The fraction of sp³-hybridized carbons (Fsp3) is 0.800. The van der Waals surface area contributed by atoms with E-state index in [1.807, 2.05) is 15.8 Å². The van der Waals surface area contributed by atoms with Crippen molar-refractivity contribution in [1.29, 1.82) is 0 Å². The topological polar surface area (TPSA) is 60.2 Å². The smallest absolute Gasteiger partial charge is 0.276 e. The summed E-state index contributed by atoms with van der Waals surface area (Å²) in [5.41, 5.74) is 0.485. The van der Waals surface area contributed by atoms with E-state index in [1.54, 1.807) is 7.11 Å². The highest BCUT2D eigenvalue weighted by Crippen LogP contribution is 2.27. The molecule has 0 N–H and O–H groups in total. The maximum atomic E-state index is 12.5. The van der Waals surface area contributed by atoms with E-state index in [0.717, 1.165) is 39.0 Å². The molecule has 1 atom stereocenters. The van der Waals surface area contributed by atoms with E-state index >= 15 is 0 Å². The highest BCUT2D eigenvalue weighted by atomic mass is 16.5. The molecule has 2 heterocycles. The second kappa shape index (κ2) is 6.56. The van der Waals surface area contributed by atoms with Gasteiger partial charge in [0.1, 0.15) is 0 Å². The van der Waals surface area contributed by atoms with Crippen LogP contribution in [0.3, 0.4) is 0 Å². The van der Waals surface area contributed by atoms with E-state index < -0.39 is 0 Å². The van der Waals surface area contributed by atoms with E-state index in [1.165, 1.54) is 19.3 Å². The number of hydrogen-bond acceptors (Lipinski definition) is 4. The first-order valence-electron chi connectivity index (χ1n) is 7.98. The third-order valence-electron chi connectivity index (χ3n) is 4.65. The lowest BCUT2D eigenvalue weighted by atomic mass is 9.96. The van der Waals surface area contributed by atoms with Gasteiger partial charge in [0.25, 0.3) is 5.91 Å². The van der Waals surface area contributed by atoms with Crippen LogP contribution in [0.5, 0.6) is 0 Å². The molecule has 3 rings (SSSR count). The van der Waals surface area contributed by atoms with Gasteiger partial charge >= 0.3 is 0 Å². The van der Waals surface area contributed by atoms with Crippen LogP contribution in [-0.2, 0) is 4.74 Å². The fourth-order valence-corrected chi connectivity index (χ4v) is 3.45. The highest BCUT2D eigenvalue weighted by molar-refractivity contribution is 5.92. The Balaban J connectivity index is 1.61. The quantitative estimate of drug-likeness (QED) is 0.850. The van der Waals surface area contributed by atoms with Gasteiger partial charge in [0, 0.05) is 26.1 Å². The van der Waals surface area contributed by atoms with Gasteiger partial charge < -0.3 is 9.64 Å². The molecule has 1 aliphatic carbocycles. The Morgan fingerprint density at radius 2 is 2.14 bits per heavy atom. The lowest BCUT2D eigenvalue weighted by molar-refractivity contribution is 0.0769. The van der Waals surface area contributed by atoms with E-state index in [2.05, 4.69) is 10.3 Å². The molecule has 1 saturated heterocycles. The number of amides is 1. The molecule has 0 bridgehead atoms. The number of rotatable bonds is 4. The zero-order valence-corrected chi connectivity index (χ0v) is 12.7. The van der Waals surface area contributed by atoms with E-state index in [-0.39, 0.29) is 5.91 Å². The first kappa shape index (κ1) is 14.5. The van der Waals surface area contributed by atoms with Crippen molar-refractivity contribution in [2.75, 3.05) is 26.8 Å². The molecule has 0 radical (unpaired) electrons. The number of ether oxygens (including phenoxy) is 1. The van der Waals surface area contributed by atoms with Crippen LogP contribution >= 0.6 is 0 Å². The molecule has 1 saturated carbocycles. The number of nitrogens with zero attached hydrogens (tertiary/aromatic N) is 4. The third kappa shape index (κ3) is 3.26. The van der Waals surface area contributed by atoms with Gasteiger partial charge in [0.15, 0.2) is 5.69 Å². The van der Waals surface area contributed by atoms with Gasteiger partial charge in [0.2, 0.25) is 0 Å². The van der Waals surface area contributed by atoms with Gasteiger partial charge in [-0.05, 0) is 19.3 Å². The molecular weight excluding hydrogens is 268 g/mol. The lowest BCUT2D eigenvalue weighted by Crippen LogP contribution is -2.29. The molecule has 2 aliphatic rings. The average molecular weight is 292 g/mol. The van der Waals surface area contributed by atoms with Crippen LogP contribution in [0.2, 0.25) is 0 Å². The molecule has 1 amide bonds. The van der Waals surface area contributed by atoms with Gasteiger partial charge in [-0.1, -0.05) is 24.5 Å². The van der Waals surface area contributed by atoms with Gasteiger partial charge in [-0.3, -0.25) is 4.79 Å². The van der Waals surface area contributed by atoms with Gasteiger partial charge in [-0.25, -0.2) is 4.68 Å². The summed E-state index contributed by atoms with van der Waals surface area (Å²) in [6.07, 6.45) is 8.95. The number of carbonyl (C=O) groups is 1. The van der Waals surface area contributed by atoms with Crippen LogP contribution in [0, 0.1) is 5.92 Å². The van der Waals surface area contributed by atoms with Crippen LogP contribution in [0.1, 0.15) is 55.1 Å². The Morgan fingerprint density at radius 1 is 1.33 bits per heavy atom. The Bertz CT molecular complexity index is 482. The minimum atomic E-state index is 0.00987. The summed E-state index contributed by atoms with van der Waals surface area (Å²) in [6, 6.07) is 0.424. The van der Waals surface area contributed by atoms with Crippen molar-refractivity contribution in [3.63, 3.8) is 0 Å². The molecule has 6 heteroatoms. The first-order valence-corrected chi connectivity index (χ1v) is 7.98. The minimum absolute atomic E-state index is 0.00987. The Hall–Kier alpha value is -1.43. The van der Waals surface area contributed by atoms with E-state index in [4.69, 9.17) is 4.74 Å². The van der Waals surface area contributed by atoms with Crippen molar-refractivity contribution < 1.29 is 9.53 Å². The number of methoxy groups -OCH3 is 1. The molecule has 1 aromatic heterocycles. The van der Waals surface area contributed by atoms with E-state index in [9.17, 15) is 4.79 Å². The molecule has 21 heavy (non-hydrogen) atoms. The maximum Gasteiger partial charge on any atom is 0.276 e. The summed E-state index contributed by atoms with van der Waals surface area (Å²) in [6.45, 7) is 2.28. The average Bonchev–Trinajstić information content (AvgIpc) is 3.17. The summed E-state index contributed by atoms with van der Waals surface area (Å²) in [4.78, 5) is 14.3. The molecule has 116 valence electrons. The van der Waals surface area contributed by atoms with Gasteiger partial charge in [-0.2, -0.15) is 0 Å². The zero-order valence-electron chi connectivity index (χ0n) is 12.7. The summed E-state index contributed by atoms with van der Waals surface area (Å²) in [5.74, 6) is 0.461. The number of likely N-dealkylation sites (tertiary alicyclic amines) is 1. The number of hydrogen-bond donors (Lipinski definition) is 0. The number of carbonyl (C=O) groups excluding carboxylic acids is 1. The highest BCUT2D eigenvalue weighted by Gasteiger charge is 2.29. The predicted octanol–water partition coefficient (Wildman–Crippen LogP) is 1.89. The zero-order chi connectivity index (χ0) is 14.7. The third-order valence-corrected chi connectivity index (χ3v) is 4.65.